The van der Waals surface area contributed by atoms with E-state index in [0.717, 1.165) is 13.0 Å². The zero-order valence-electron chi connectivity index (χ0n) is 9.17. The summed E-state index contributed by atoms with van der Waals surface area (Å²) in [6.07, 6.45) is 6.17. The molecular weight excluding hydrogens is 160 g/mol. The van der Waals surface area contributed by atoms with Gasteiger partial charge in [0.05, 0.1) is 6.33 Å². The Morgan fingerprint density at radius 1 is 1.38 bits per heavy atom. The number of imidazole rings is 1. The van der Waals surface area contributed by atoms with Gasteiger partial charge in [0.15, 0.2) is 0 Å². The highest BCUT2D eigenvalue weighted by molar-refractivity contribution is 4.97. The Kier molecular flexibility index (Phi) is 3.12. The second-order valence-corrected chi connectivity index (χ2v) is 4.74. The average molecular weight is 180 g/mol. The SMILES string of the molecule is CCc1cncn1CCC(C)(C)C. The third-order valence-corrected chi connectivity index (χ3v) is 2.26. The lowest BCUT2D eigenvalue weighted by Crippen LogP contribution is -2.11. The maximum absolute atomic E-state index is 4.16. The van der Waals surface area contributed by atoms with Gasteiger partial charge in [-0.05, 0) is 18.3 Å². The fourth-order valence-electron chi connectivity index (χ4n) is 1.30. The van der Waals surface area contributed by atoms with Crippen LogP contribution in [0.3, 0.4) is 0 Å². The van der Waals surface area contributed by atoms with Crippen molar-refractivity contribution in [2.45, 2.75) is 47.1 Å². The fourth-order valence-corrected chi connectivity index (χ4v) is 1.30. The molecule has 0 spiro atoms. The second kappa shape index (κ2) is 3.95. The van der Waals surface area contributed by atoms with Gasteiger partial charge in [-0.25, -0.2) is 4.98 Å². The first kappa shape index (κ1) is 10.3. The van der Waals surface area contributed by atoms with Crippen LogP contribution in [0, 0.1) is 5.41 Å². The molecule has 0 unspecified atom stereocenters. The van der Waals surface area contributed by atoms with E-state index >= 15 is 0 Å². The first-order chi connectivity index (χ1) is 6.03. The zero-order valence-corrected chi connectivity index (χ0v) is 9.17. The van der Waals surface area contributed by atoms with Crippen molar-refractivity contribution in [3.8, 4) is 0 Å². The number of aromatic nitrogens is 2. The smallest absolute Gasteiger partial charge is 0.0948 e. The van der Waals surface area contributed by atoms with Crippen LogP contribution in [-0.4, -0.2) is 9.55 Å². The summed E-state index contributed by atoms with van der Waals surface area (Å²) in [6.45, 7) is 10.1. The van der Waals surface area contributed by atoms with Gasteiger partial charge in [-0.1, -0.05) is 27.7 Å². The van der Waals surface area contributed by atoms with E-state index in [-0.39, 0.29) is 0 Å². The molecule has 0 radical (unpaired) electrons. The standard InChI is InChI=1S/C11H20N2/c1-5-10-8-12-9-13(10)7-6-11(2,3)4/h8-9H,5-7H2,1-4H3. The van der Waals surface area contributed by atoms with Crippen LogP contribution in [0.1, 0.15) is 39.8 Å². The predicted molar refractivity (Wildman–Crippen MR) is 55.7 cm³/mol. The highest BCUT2D eigenvalue weighted by Crippen LogP contribution is 2.19. The molecule has 1 heterocycles. The predicted octanol–water partition coefficient (Wildman–Crippen LogP) is 2.88. The van der Waals surface area contributed by atoms with Gasteiger partial charge in [0.2, 0.25) is 0 Å². The van der Waals surface area contributed by atoms with Crippen molar-refractivity contribution in [1.29, 1.82) is 0 Å². The third kappa shape index (κ3) is 3.21. The first-order valence-electron chi connectivity index (χ1n) is 5.02. The lowest BCUT2D eigenvalue weighted by atomic mass is 9.92. The van der Waals surface area contributed by atoms with Crippen LogP contribution in [0.15, 0.2) is 12.5 Å². The molecule has 0 atom stereocenters. The number of nitrogens with zero attached hydrogens (tertiary/aromatic N) is 2. The van der Waals surface area contributed by atoms with Crippen LogP contribution in [0.25, 0.3) is 0 Å². The monoisotopic (exact) mass is 180 g/mol. The van der Waals surface area contributed by atoms with Gasteiger partial charge in [0.25, 0.3) is 0 Å². The summed E-state index contributed by atoms with van der Waals surface area (Å²) in [5.41, 5.74) is 1.75. The third-order valence-electron chi connectivity index (χ3n) is 2.26. The number of aryl methyl sites for hydroxylation is 2. The topological polar surface area (TPSA) is 17.8 Å². The van der Waals surface area contributed by atoms with Gasteiger partial charge >= 0.3 is 0 Å². The number of hydrogen-bond acceptors (Lipinski definition) is 1. The molecule has 0 amide bonds. The molecular formula is C11H20N2. The highest BCUT2D eigenvalue weighted by atomic mass is 15.0. The zero-order chi connectivity index (χ0) is 9.90. The quantitative estimate of drug-likeness (QED) is 0.699. The van der Waals surface area contributed by atoms with Crippen LogP contribution in [0.5, 0.6) is 0 Å². The van der Waals surface area contributed by atoms with Crippen LogP contribution < -0.4 is 0 Å². The summed E-state index contributed by atoms with van der Waals surface area (Å²) < 4.78 is 2.26. The minimum Gasteiger partial charge on any atom is -0.335 e. The number of rotatable bonds is 3. The molecule has 0 fully saturated rings. The normalized spacial score (nSPS) is 12.0. The molecule has 2 heteroatoms. The van der Waals surface area contributed by atoms with Crippen LogP contribution >= 0.6 is 0 Å². The van der Waals surface area contributed by atoms with E-state index in [1.807, 2.05) is 12.5 Å². The molecule has 1 aromatic rings. The summed E-state index contributed by atoms with van der Waals surface area (Å²) >= 11 is 0. The molecule has 2 nitrogen and oxygen atoms in total. The summed E-state index contributed by atoms with van der Waals surface area (Å²) in [5.74, 6) is 0. The largest absolute Gasteiger partial charge is 0.335 e. The van der Waals surface area contributed by atoms with E-state index < -0.39 is 0 Å². The molecule has 0 N–H and O–H groups in total. The first-order valence-corrected chi connectivity index (χ1v) is 5.02. The highest BCUT2D eigenvalue weighted by Gasteiger charge is 2.10. The van der Waals surface area contributed by atoms with E-state index in [9.17, 15) is 0 Å². The Balaban J connectivity index is 2.54. The Morgan fingerprint density at radius 3 is 2.62 bits per heavy atom. The van der Waals surface area contributed by atoms with Gasteiger partial charge in [-0.2, -0.15) is 0 Å². The van der Waals surface area contributed by atoms with Crippen LogP contribution in [0.2, 0.25) is 0 Å². The molecule has 13 heavy (non-hydrogen) atoms. The maximum Gasteiger partial charge on any atom is 0.0948 e. The van der Waals surface area contributed by atoms with E-state index in [2.05, 4.69) is 37.2 Å². The molecule has 0 bridgehead atoms. The van der Waals surface area contributed by atoms with Gasteiger partial charge in [0, 0.05) is 18.4 Å². The average Bonchev–Trinajstić information content (AvgIpc) is 2.46. The lowest BCUT2D eigenvalue weighted by molar-refractivity contribution is 0.348. The van der Waals surface area contributed by atoms with Crippen LogP contribution in [-0.2, 0) is 13.0 Å². The molecule has 0 aliphatic carbocycles. The van der Waals surface area contributed by atoms with Crippen molar-refractivity contribution in [2.75, 3.05) is 0 Å². The molecule has 0 aliphatic rings. The minimum atomic E-state index is 0.412. The van der Waals surface area contributed by atoms with Gasteiger partial charge in [-0.3, -0.25) is 0 Å². The van der Waals surface area contributed by atoms with Crippen molar-refractivity contribution in [3.63, 3.8) is 0 Å². The van der Waals surface area contributed by atoms with Crippen molar-refractivity contribution >= 4 is 0 Å². The van der Waals surface area contributed by atoms with Crippen molar-refractivity contribution in [1.82, 2.24) is 9.55 Å². The summed E-state index contributed by atoms with van der Waals surface area (Å²) in [4.78, 5) is 4.16. The Bertz CT molecular complexity index is 255. The Labute approximate surface area is 81.0 Å². The second-order valence-electron chi connectivity index (χ2n) is 4.74. The molecule has 0 aliphatic heterocycles. The van der Waals surface area contributed by atoms with Crippen LogP contribution in [0.4, 0.5) is 0 Å². The van der Waals surface area contributed by atoms with Gasteiger partial charge < -0.3 is 4.57 Å². The van der Waals surface area contributed by atoms with E-state index in [0.29, 0.717) is 5.41 Å². The molecule has 0 saturated carbocycles. The lowest BCUT2D eigenvalue weighted by Gasteiger charge is -2.18. The van der Waals surface area contributed by atoms with E-state index in [1.165, 1.54) is 12.1 Å². The Hall–Kier alpha value is -0.790. The van der Waals surface area contributed by atoms with Crippen molar-refractivity contribution in [2.24, 2.45) is 5.41 Å². The maximum atomic E-state index is 4.16. The fraction of sp³-hybridized carbons (Fsp3) is 0.727. The van der Waals surface area contributed by atoms with E-state index in [1.54, 1.807) is 0 Å². The van der Waals surface area contributed by atoms with Gasteiger partial charge in [0.1, 0.15) is 0 Å². The molecule has 0 aromatic carbocycles. The summed E-state index contributed by atoms with van der Waals surface area (Å²) in [5, 5.41) is 0. The molecule has 74 valence electrons. The minimum absolute atomic E-state index is 0.412. The Morgan fingerprint density at radius 2 is 2.08 bits per heavy atom. The van der Waals surface area contributed by atoms with Crippen molar-refractivity contribution in [3.05, 3.63) is 18.2 Å². The molecule has 1 aromatic heterocycles. The summed E-state index contributed by atoms with van der Waals surface area (Å²) in [6, 6.07) is 0. The van der Waals surface area contributed by atoms with E-state index in [4.69, 9.17) is 0 Å². The van der Waals surface area contributed by atoms with Gasteiger partial charge in [-0.15, -0.1) is 0 Å². The number of hydrogen-bond donors (Lipinski definition) is 0. The summed E-state index contributed by atoms with van der Waals surface area (Å²) in [7, 11) is 0. The van der Waals surface area contributed by atoms with Crippen molar-refractivity contribution < 1.29 is 0 Å². The molecule has 1 rings (SSSR count). The molecule has 0 saturated heterocycles.